The number of nitrogens with zero attached hydrogens (tertiary/aromatic N) is 4. The molecule has 23 heavy (non-hydrogen) atoms. The van der Waals surface area contributed by atoms with E-state index in [4.69, 9.17) is 0 Å². The Labute approximate surface area is 132 Å². The second kappa shape index (κ2) is 6.86. The Bertz CT molecular complexity index is 726. The molecule has 0 aliphatic heterocycles. The normalized spacial score (nSPS) is 10.7. The first-order chi connectivity index (χ1) is 10.9. The van der Waals surface area contributed by atoms with Gasteiger partial charge in [-0.3, -0.25) is 24.9 Å². The summed E-state index contributed by atoms with van der Waals surface area (Å²) in [7, 11) is 0. The van der Waals surface area contributed by atoms with Gasteiger partial charge in [0.2, 0.25) is 0 Å². The van der Waals surface area contributed by atoms with E-state index in [1.807, 2.05) is 0 Å². The maximum atomic E-state index is 11.1. The summed E-state index contributed by atoms with van der Waals surface area (Å²) in [5.41, 5.74) is -0.532. The third-order valence-corrected chi connectivity index (χ3v) is 3.23. The van der Waals surface area contributed by atoms with Gasteiger partial charge in [-0.15, -0.1) is 0 Å². The van der Waals surface area contributed by atoms with Crippen LogP contribution in [-0.4, -0.2) is 19.6 Å². The van der Waals surface area contributed by atoms with Crippen LogP contribution in [0.3, 0.4) is 0 Å². The van der Waals surface area contributed by atoms with Crippen molar-refractivity contribution >= 4 is 22.9 Å². The van der Waals surface area contributed by atoms with Gasteiger partial charge in [0.25, 0.3) is 11.4 Å². The van der Waals surface area contributed by atoms with Crippen molar-refractivity contribution < 1.29 is 9.85 Å². The second-order valence-corrected chi connectivity index (χ2v) is 5.49. The number of anilines is 2. The molecule has 2 aromatic rings. The zero-order chi connectivity index (χ0) is 17.0. The minimum Gasteiger partial charge on any atom is -0.333 e. The van der Waals surface area contributed by atoms with Crippen molar-refractivity contribution in [2.24, 2.45) is 5.92 Å². The van der Waals surface area contributed by atoms with Crippen LogP contribution in [0.1, 0.15) is 20.3 Å². The van der Waals surface area contributed by atoms with Crippen molar-refractivity contribution in [3.63, 3.8) is 0 Å². The molecule has 9 heteroatoms. The highest BCUT2D eigenvalue weighted by atomic mass is 16.6. The van der Waals surface area contributed by atoms with E-state index in [0.29, 0.717) is 11.7 Å². The molecule has 0 saturated carbocycles. The number of hydrogen-bond donors (Lipinski definition) is 1. The lowest BCUT2D eigenvalue weighted by Gasteiger charge is -2.05. The molecule has 1 aromatic carbocycles. The van der Waals surface area contributed by atoms with E-state index >= 15 is 0 Å². The molecular weight excluding hydrogens is 302 g/mol. The number of nitro groups is 2. The molecule has 1 aromatic heterocycles. The molecule has 0 saturated heterocycles. The second-order valence-electron chi connectivity index (χ2n) is 5.49. The van der Waals surface area contributed by atoms with Gasteiger partial charge in [-0.2, -0.15) is 5.10 Å². The van der Waals surface area contributed by atoms with Crippen LogP contribution in [0.25, 0.3) is 0 Å². The van der Waals surface area contributed by atoms with Gasteiger partial charge in [-0.25, -0.2) is 0 Å². The fourth-order valence-electron chi connectivity index (χ4n) is 1.97. The first-order valence-corrected chi connectivity index (χ1v) is 7.10. The third-order valence-electron chi connectivity index (χ3n) is 3.23. The quantitative estimate of drug-likeness (QED) is 0.616. The van der Waals surface area contributed by atoms with Crippen LogP contribution < -0.4 is 5.32 Å². The Morgan fingerprint density at radius 2 is 1.96 bits per heavy atom. The SMILES string of the molecule is CC(C)CCn1ccc(Nc2ccc([N+](=O)[O-])cc2[N+](=O)[O-])n1. The van der Waals surface area contributed by atoms with Gasteiger partial charge in [0.1, 0.15) is 5.69 Å². The van der Waals surface area contributed by atoms with Crippen molar-refractivity contribution in [1.29, 1.82) is 0 Å². The molecule has 1 heterocycles. The summed E-state index contributed by atoms with van der Waals surface area (Å²) in [5.74, 6) is 0.997. The summed E-state index contributed by atoms with van der Waals surface area (Å²) < 4.78 is 1.75. The first kappa shape index (κ1) is 16.4. The van der Waals surface area contributed by atoms with E-state index < -0.39 is 9.85 Å². The van der Waals surface area contributed by atoms with Gasteiger partial charge in [0, 0.05) is 24.9 Å². The minimum absolute atomic E-state index is 0.162. The van der Waals surface area contributed by atoms with Crippen LogP contribution in [0, 0.1) is 26.1 Å². The van der Waals surface area contributed by atoms with Crippen molar-refractivity contribution in [3.05, 3.63) is 50.7 Å². The Hall–Kier alpha value is -2.97. The van der Waals surface area contributed by atoms with Crippen molar-refractivity contribution in [3.8, 4) is 0 Å². The van der Waals surface area contributed by atoms with Crippen LogP contribution in [0.5, 0.6) is 0 Å². The summed E-state index contributed by atoms with van der Waals surface area (Å²) in [5, 5.41) is 28.9. The Kier molecular flexibility index (Phi) is 4.89. The molecule has 0 fully saturated rings. The number of aromatic nitrogens is 2. The molecule has 0 spiro atoms. The number of rotatable bonds is 7. The van der Waals surface area contributed by atoms with Gasteiger partial charge in [-0.1, -0.05) is 13.8 Å². The van der Waals surface area contributed by atoms with E-state index in [2.05, 4.69) is 24.3 Å². The predicted molar refractivity (Wildman–Crippen MR) is 84.7 cm³/mol. The van der Waals surface area contributed by atoms with Crippen LogP contribution in [0.2, 0.25) is 0 Å². The van der Waals surface area contributed by atoms with E-state index in [9.17, 15) is 20.2 Å². The monoisotopic (exact) mass is 319 g/mol. The van der Waals surface area contributed by atoms with E-state index in [1.54, 1.807) is 16.9 Å². The Morgan fingerprint density at radius 1 is 1.22 bits per heavy atom. The minimum atomic E-state index is -0.669. The van der Waals surface area contributed by atoms with Gasteiger partial charge < -0.3 is 5.32 Å². The van der Waals surface area contributed by atoms with E-state index in [0.717, 1.165) is 19.0 Å². The Balaban J connectivity index is 2.19. The average Bonchev–Trinajstić information content (AvgIpc) is 2.92. The number of nitro benzene ring substituents is 2. The highest BCUT2D eigenvalue weighted by molar-refractivity contribution is 5.70. The van der Waals surface area contributed by atoms with Gasteiger partial charge in [0.15, 0.2) is 5.82 Å². The number of aryl methyl sites for hydroxylation is 1. The number of non-ortho nitro benzene ring substituents is 1. The van der Waals surface area contributed by atoms with Crippen LogP contribution >= 0.6 is 0 Å². The highest BCUT2D eigenvalue weighted by Crippen LogP contribution is 2.30. The molecule has 0 radical (unpaired) electrons. The molecule has 1 N–H and O–H groups in total. The zero-order valence-electron chi connectivity index (χ0n) is 12.8. The van der Waals surface area contributed by atoms with Crippen molar-refractivity contribution in [2.45, 2.75) is 26.8 Å². The van der Waals surface area contributed by atoms with Crippen LogP contribution in [0.4, 0.5) is 22.9 Å². The number of benzene rings is 1. The van der Waals surface area contributed by atoms with Gasteiger partial charge in [-0.05, 0) is 18.4 Å². The first-order valence-electron chi connectivity index (χ1n) is 7.10. The van der Waals surface area contributed by atoms with Gasteiger partial charge >= 0.3 is 0 Å². The smallest absolute Gasteiger partial charge is 0.299 e. The van der Waals surface area contributed by atoms with Crippen LogP contribution in [0.15, 0.2) is 30.5 Å². The maximum absolute atomic E-state index is 11.1. The molecule has 0 amide bonds. The average molecular weight is 319 g/mol. The van der Waals surface area contributed by atoms with Crippen molar-refractivity contribution in [1.82, 2.24) is 9.78 Å². The summed E-state index contributed by atoms with van der Waals surface area (Å²) in [6.07, 6.45) is 2.75. The molecule has 0 atom stereocenters. The maximum Gasteiger partial charge on any atom is 0.299 e. The molecule has 0 aliphatic carbocycles. The fraction of sp³-hybridized carbons (Fsp3) is 0.357. The molecule has 0 aliphatic rings. The molecule has 122 valence electrons. The largest absolute Gasteiger partial charge is 0.333 e. The summed E-state index contributed by atoms with van der Waals surface area (Å²) >= 11 is 0. The molecule has 2 rings (SSSR count). The predicted octanol–water partition coefficient (Wildman–Crippen LogP) is 3.49. The number of hydrogen-bond acceptors (Lipinski definition) is 6. The summed E-state index contributed by atoms with van der Waals surface area (Å²) in [6, 6.07) is 5.15. The number of nitrogens with one attached hydrogen (secondary N) is 1. The lowest BCUT2D eigenvalue weighted by Crippen LogP contribution is -2.03. The highest BCUT2D eigenvalue weighted by Gasteiger charge is 2.20. The van der Waals surface area contributed by atoms with E-state index in [1.165, 1.54) is 12.1 Å². The molecule has 0 unspecified atom stereocenters. The zero-order valence-corrected chi connectivity index (χ0v) is 12.8. The summed E-state index contributed by atoms with van der Waals surface area (Å²) in [6.45, 7) is 4.98. The van der Waals surface area contributed by atoms with Crippen LogP contribution in [-0.2, 0) is 6.54 Å². The molecular formula is C14H17N5O4. The third kappa shape index (κ3) is 4.25. The lowest BCUT2D eigenvalue weighted by molar-refractivity contribution is -0.393. The summed E-state index contributed by atoms with van der Waals surface area (Å²) in [4.78, 5) is 20.5. The standard InChI is InChI=1S/C14H17N5O4/c1-10(2)5-7-17-8-6-14(16-17)15-12-4-3-11(18(20)21)9-13(12)19(22)23/h3-4,6,8-10H,5,7H2,1-2H3,(H,15,16). The van der Waals surface area contributed by atoms with Crippen molar-refractivity contribution in [2.75, 3.05) is 5.32 Å². The van der Waals surface area contributed by atoms with Gasteiger partial charge in [0.05, 0.1) is 15.9 Å². The molecule has 0 bridgehead atoms. The Morgan fingerprint density at radius 3 is 2.57 bits per heavy atom. The topological polar surface area (TPSA) is 116 Å². The fourth-order valence-corrected chi connectivity index (χ4v) is 1.97. The lowest BCUT2D eigenvalue weighted by atomic mass is 10.1. The van der Waals surface area contributed by atoms with E-state index in [-0.39, 0.29) is 17.1 Å². The molecule has 9 nitrogen and oxygen atoms in total.